The van der Waals surface area contributed by atoms with Crippen LogP contribution in [-0.2, 0) is 14.3 Å². The van der Waals surface area contributed by atoms with E-state index in [2.05, 4.69) is 5.32 Å². The second kappa shape index (κ2) is 5.79. The summed E-state index contributed by atoms with van der Waals surface area (Å²) in [5.41, 5.74) is 0.971. The zero-order valence-electron chi connectivity index (χ0n) is 13.2. The third-order valence-electron chi connectivity index (χ3n) is 3.23. The van der Waals surface area contributed by atoms with Crippen LogP contribution in [0.15, 0.2) is 24.3 Å². The first kappa shape index (κ1) is 16.0. The molecule has 0 radical (unpaired) electrons. The van der Waals surface area contributed by atoms with Crippen LogP contribution in [-0.4, -0.2) is 35.0 Å². The van der Waals surface area contributed by atoms with Crippen LogP contribution in [0.4, 0.5) is 4.79 Å². The number of aryl methyl sites for hydroxylation is 1. The Morgan fingerprint density at radius 1 is 1.27 bits per heavy atom. The van der Waals surface area contributed by atoms with Gasteiger partial charge in [0.25, 0.3) is 5.91 Å². The molecule has 0 saturated carbocycles. The highest BCUT2D eigenvalue weighted by atomic mass is 16.6. The number of hydrogen-bond donors (Lipinski definition) is 1. The Hall–Kier alpha value is -2.37. The molecule has 2 rings (SSSR count). The van der Waals surface area contributed by atoms with E-state index < -0.39 is 29.6 Å². The van der Waals surface area contributed by atoms with Crippen molar-refractivity contribution in [3.63, 3.8) is 0 Å². The number of urea groups is 1. The predicted octanol–water partition coefficient (Wildman–Crippen LogP) is 1.93. The Morgan fingerprint density at radius 3 is 2.50 bits per heavy atom. The second-order valence-electron chi connectivity index (χ2n) is 6.25. The van der Waals surface area contributed by atoms with Gasteiger partial charge < -0.3 is 10.1 Å². The number of amides is 3. The normalized spacial score (nSPS) is 18.4. The van der Waals surface area contributed by atoms with Crippen molar-refractivity contribution >= 4 is 17.9 Å². The first-order chi connectivity index (χ1) is 10.2. The molecule has 22 heavy (non-hydrogen) atoms. The van der Waals surface area contributed by atoms with Gasteiger partial charge in [0.15, 0.2) is 0 Å². The summed E-state index contributed by atoms with van der Waals surface area (Å²) in [4.78, 5) is 37.1. The number of nitrogens with zero attached hydrogens (tertiary/aromatic N) is 1. The molecule has 1 aromatic rings. The highest BCUT2D eigenvalue weighted by Crippen LogP contribution is 2.24. The molecule has 1 saturated heterocycles. The molecule has 1 atom stereocenters. The lowest BCUT2D eigenvalue weighted by atomic mass is 10.0. The summed E-state index contributed by atoms with van der Waals surface area (Å²) in [6, 6.07) is 5.98. The van der Waals surface area contributed by atoms with Crippen LogP contribution in [0.2, 0.25) is 0 Å². The zero-order valence-corrected chi connectivity index (χ0v) is 13.2. The summed E-state index contributed by atoms with van der Waals surface area (Å²) < 4.78 is 5.15. The first-order valence-electron chi connectivity index (χ1n) is 7.08. The van der Waals surface area contributed by atoms with Gasteiger partial charge in [0.1, 0.15) is 18.2 Å². The molecule has 118 valence electrons. The summed E-state index contributed by atoms with van der Waals surface area (Å²) in [5, 5.41) is 2.61. The number of ether oxygens (including phenoxy) is 1. The van der Waals surface area contributed by atoms with Gasteiger partial charge in [-0.05, 0) is 38.8 Å². The zero-order chi connectivity index (χ0) is 16.5. The molecule has 0 aromatic heterocycles. The van der Waals surface area contributed by atoms with Crippen molar-refractivity contribution < 1.29 is 19.1 Å². The maximum absolute atomic E-state index is 12.4. The Bertz CT molecular complexity index is 619. The number of carbonyl (C=O) groups excluding carboxylic acids is 3. The first-order valence-corrected chi connectivity index (χ1v) is 7.08. The van der Waals surface area contributed by atoms with E-state index in [1.165, 1.54) is 0 Å². The maximum atomic E-state index is 12.4. The van der Waals surface area contributed by atoms with Crippen LogP contribution in [0.1, 0.15) is 37.9 Å². The summed E-state index contributed by atoms with van der Waals surface area (Å²) in [5.74, 6) is -1.05. The summed E-state index contributed by atoms with van der Waals surface area (Å²) >= 11 is 0. The average Bonchev–Trinajstić information content (AvgIpc) is 2.65. The van der Waals surface area contributed by atoms with Crippen LogP contribution < -0.4 is 5.32 Å². The molecule has 0 bridgehead atoms. The van der Waals surface area contributed by atoms with Gasteiger partial charge in [-0.1, -0.05) is 24.3 Å². The van der Waals surface area contributed by atoms with Crippen molar-refractivity contribution in [2.45, 2.75) is 39.3 Å². The number of benzene rings is 1. The fourth-order valence-corrected chi connectivity index (χ4v) is 2.29. The molecule has 0 aliphatic carbocycles. The number of esters is 1. The third kappa shape index (κ3) is 3.44. The van der Waals surface area contributed by atoms with Crippen molar-refractivity contribution in [1.29, 1.82) is 0 Å². The summed E-state index contributed by atoms with van der Waals surface area (Å²) in [6.45, 7) is 6.67. The smallest absolute Gasteiger partial charge is 0.326 e. The van der Waals surface area contributed by atoms with E-state index in [0.717, 1.165) is 16.0 Å². The molecular formula is C16H20N2O4. The van der Waals surface area contributed by atoms with Crippen molar-refractivity contribution in [1.82, 2.24) is 10.2 Å². The van der Waals surface area contributed by atoms with E-state index in [0.29, 0.717) is 0 Å². The van der Waals surface area contributed by atoms with E-state index in [1.807, 2.05) is 19.1 Å². The molecule has 1 aliphatic rings. The highest BCUT2D eigenvalue weighted by molar-refractivity contribution is 6.06. The Kier molecular flexibility index (Phi) is 4.21. The maximum Gasteiger partial charge on any atom is 0.326 e. The van der Waals surface area contributed by atoms with Gasteiger partial charge in [0.05, 0.1) is 0 Å². The SMILES string of the molecule is Cc1ccccc1C1NC(=O)N(CC(=O)OC(C)(C)C)C1=O. The number of nitrogens with one attached hydrogen (secondary N) is 1. The number of hydrogen-bond acceptors (Lipinski definition) is 4. The lowest BCUT2D eigenvalue weighted by Crippen LogP contribution is -2.38. The van der Waals surface area contributed by atoms with Crippen LogP contribution in [0.3, 0.4) is 0 Å². The molecule has 6 heteroatoms. The number of carbonyl (C=O) groups is 3. The molecule has 1 fully saturated rings. The molecule has 1 N–H and O–H groups in total. The molecule has 3 amide bonds. The Labute approximate surface area is 129 Å². The predicted molar refractivity (Wildman–Crippen MR) is 80.0 cm³/mol. The van der Waals surface area contributed by atoms with E-state index in [9.17, 15) is 14.4 Å². The van der Waals surface area contributed by atoms with E-state index >= 15 is 0 Å². The average molecular weight is 304 g/mol. The number of rotatable bonds is 3. The van der Waals surface area contributed by atoms with Crippen LogP contribution in [0.25, 0.3) is 0 Å². The minimum Gasteiger partial charge on any atom is -0.459 e. The largest absolute Gasteiger partial charge is 0.459 e. The Morgan fingerprint density at radius 2 is 1.91 bits per heavy atom. The van der Waals surface area contributed by atoms with E-state index in [1.54, 1.807) is 32.9 Å². The molecule has 0 spiro atoms. The fourth-order valence-electron chi connectivity index (χ4n) is 2.29. The van der Waals surface area contributed by atoms with Gasteiger partial charge >= 0.3 is 12.0 Å². The quantitative estimate of drug-likeness (QED) is 0.684. The van der Waals surface area contributed by atoms with Crippen molar-refractivity contribution in [3.8, 4) is 0 Å². The topological polar surface area (TPSA) is 75.7 Å². The fraction of sp³-hybridized carbons (Fsp3) is 0.438. The highest BCUT2D eigenvalue weighted by Gasteiger charge is 2.40. The monoisotopic (exact) mass is 304 g/mol. The van der Waals surface area contributed by atoms with Gasteiger partial charge in [0.2, 0.25) is 0 Å². The summed E-state index contributed by atoms with van der Waals surface area (Å²) in [7, 11) is 0. The van der Waals surface area contributed by atoms with E-state index in [-0.39, 0.29) is 6.54 Å². The van der Waals surface area contributed by atoms with Crippen LogP contribution in [0.5, 0.6) is 0 Å². The molecule has 1 aromatic carbocycles. The summed E-state index contributed by atoms with van der Waals surface area (Å²) in [6.07, 6.45) is 0. The van der Waals surface area contributed by atoms with Gasteiger partial charge in [-0.15, -0.1) is 0 Å². The minimum absolute atomic E-state index is 0.385. The second-order valence-corrected chi connectivity index (χ2v) is 6.25. The molecule has 1 heterocycles. The van der Waals surface area contributed by atoms with Gasteiger partial charge in [-0.2, -0.15) is 0 Å². The lowest BCUT2D eigenvalue weighted by Gasteiger charge is -2.21. The molecule has 1 unspecified atom stereocenters. The van der Waals surface area contributed by atoms with Crippen LogP contribution in [0, 0.1) is 6.92 Å². The minimum atomic E-state index is -0.754. The lowest BCUT2D eigenvalue weighted by molar-refractivity contribution is -0.157. The van der Waals surface area contributed by atoms with Gasteiger partial charge in [0, 0.05) is 0 Å². The van der Waals surface area contributed by atoms with Crippen molar-refractivity contribution in [2.24, 2.45) is 0 Å². The Balaban J connectivity index is 2.13. The van der Waals surface area contributed by atoms with E-state index in [4.69, 9.17) is 4.74 Å². The standard InChI is InChI=1S/C16H20N2O4/c1-10-7-5-6-8-11(10)13-14(20)18(15(21)17-13)9-12(19)22-16(2,3)4/h5-8,13H,9H2,1-4H3,(H,17,21). The molecule has 6 nitrogen and oxygen atoms in total. The molecule has 1 aliphatic heterocycles. The van der Waals surface area contributed by atoms with Crippen molar-refractivity contribution in [2.75, 3.05) is 6.54 Å². The number of imide groups is 1. The van der Waals surface area contributed by atoms with Gasteiger partial charge in [-0.25, -0.2) is 4.79 Å². The van der Waals surface area contributed by atoms with Crippen molar-refractivity contribution in [3.05, 3.63) is 35.4 Å². The van der Waals surface area contributed by atoms with Crippen LogP contribution >= 0.6 is 0 Å². The molecular weight excluding hydrogens is 284 g/mol. The third-order valence-corrected chi connectivity index (χ3v) is 3.23. The van der Waals surface area contributed by atoms with Gasteiger partial charge in [-0.3, -0.25) is 14.5 Å².